The van der Waals surface area contributed by atoms with Gasteiger partial charge in [-0.3, -0.25) is 0 Å². The van der Waals surface area contributed by atoms with Crippen molar-refractivity contribution in [2.45, 2.75) is 33.1 Å². The first-order valence-electron chi connectivity index (χ1n) is 12.1. The highest BCUT2D eigenvalue weighted by Gasteiger charge is 2.19. The highest BCUT2D eigenvalue weighted by Crippen LogP contribution is 2.32. The summed E-state index contributed by atoms with van der Waals surface area (Å²) in [4.78, 5) is 10.0. The average molecular weight is 443 g/mol. The fraction of sp³-hybridized carbons (Fsp3) is 0.188. The summed E-state index contributed by atoms with van der Waals surface area (Å²) in [5.41, 5.74) is 9.74. The molecule has 1 heterocycles. The Labute approximate surface area is 202 Å². The second-order valence-electron chi connectivity index (χ2n) is 9.07. The fourth-order valence-corrected chi connectivity index (χ4v) is 4.77. The van der Waals surface area contributed by atoms with E-state index in [4.69, 9.17) is 9.98 Å². The SMILES string of the molecule is CC1=N/C(c2cccc(-c3ccccc3)c2)=C(/C)CCC(C2C=C(c3ccccc3)C=CC2)=N1. The molecule has 0 N–H and O–H groups in total. The molecule has 34 heavy (non-hydrogen) atoms. The van der Waals surface area contributed by atoms with Crippen molar-refractivity contribution in [2.24, 2.45) is 15.9 Å². The number of amidine groups is 1. The first-order valence-corrected chi connectivity index (χ1v) is 12.1. The molecule has 2 nitrogen and oxygen atoms in total. The second kappa shape index (κ2) is 10.0. The van der Waals surface area contributed by atoms with E-state index in [-0.39, 0.29) is 0 Å². The molecule has 0 aromatic heterocycles. The first-order chi connectivity index (χ1) is 16.7. The van der Waals surface area contributed by atoms with Crippen LogP contribution in [-0.2, 0) is 0 Å². The van der Waals surface area contributed by atoms with Crippen molar-refractivity contribution >= 4 is 22.8 Å². The molecule has 0 radical (unpaired) electrons. The monoisotopic (exact) mass is 442 g/mol. The van der Waals surface area contributed by atoms with Crippen molar-refractivity contribution in [2.75, 3.05) is 0 Å². The lowest BCUT2D eigenvalue weighted by molar-refractivity contribution is 0.829. The van der Waals surface area contributed by atoms with Gasteiger partial charge in [0.05, 0.1) is 5.70 Å². The lowest BCUT2D eigenvalue weighted by Crippen LogP contribution is -2.17. The van der Waals surface area contributed by atoms with E-state index in [1.807, 2.05) is 6.92 Å². The third-order valence-electron chi connectivity index (χ3n) is 6.59. The summed E-state index contributed by atoms with van der Waals surface area (Å²) >= 11 is 0. The molecule has 0 spiro atoms. The van der Waals surface area contributed by atoms with Gasteiger partial charge in [-0.15, -0.1) is 0 Å². The Kier molecular flexibility index (Phi) is 6.49. The van der Waals surface area contributed by atoms with Gasteiger partial charge >= 0.3 is 0 Å². The van der Waals surface area contributed by atoms with Crippen molar-refractivity contribution in [3.63, 3.8) is 0 Å². The molecule has 0 bridgehead atoms. The smallest absolute Gasteiger partial charge is 0.125 e. The normalized spacial score (nSPS) is 20.6. The zero-order chi connectivity index (χ0) is 23.3. The number of hydrogen-bond acceptors (Lipinski definition) is 2. The van der Waals surface area contributed by atoms with Gasteiger partial charge in [0.1, 0.15) is 5.84 Å². The molecule has 168 valence electrons. The van der Waals surface area contributed by atoms with Crippen LogP contribution in [0.1, 0.15) is 44.2 Å². The highest BCUT2D eigenvalue weighted by atomic mass is 14.9. The summed E-state index contributed by atoms with van der Waals surface area (Å²) in [5.74, 6) is 1.15. The number of benzene rings is 3. The van der Waals surface area contributed by atoms with Crippen LogP contribution in [0.5, 0.6) is 0 Å². The number of allylic oxidation sites excluding steroid dienone is 5. The van der Waals surface area contributed by atoms with Gasteiger partial charge in [0, 0.05) is 17.2 Å². The Morgan fingerprint density at radius 1 is 0.676 bits per heavy atom. The van der Waals surface area contributed by atoms with Crippen LogP contribution in [0.2, 0.25) is 0 Å². The second-order valence-corrected chi connectivity index (χ2v) is 9.07. The van der Waals surface area contributed by atoms with E-state index < -0.39 is 0 Å². The van der Waals surface area contributed by atoms with Crippen LogP contribution in [-0.4, -0.2) is 11.5 Å². The summed E-state index contributed by atoms with van der Waals surface area (Å²) in [6.07, 6.45) is 9.82. The van der Waals surface area contributed by atoms with Gasteiger partial charge in [-0.2, -0.15) is 0 Å². The molecule has 0 saturated heterocycles. The van der Waals surface area contributed by atoms with Crippen LogP contribution in [0.25, 0.3) is 22.4 Å². The molecule has 0 amide bonds. The molecular formula is C32H30N2. The van der Waals surface area contributed by atoms with Crippen LogP contribution < -0.4 is 0 Å². The van der Waals surface area contributed by atoms with Gasteiger partial charge in [-0.25, -0.2) is 9.98 Å². The largest absolute Gasteiger partial charge is 0.242 e. The van der Waals surface area contributed by atoms with Gasteiger partial charge in [-0.05, 0) is 67.0 Å². The predicted octanol–water partition coefficient (Wildman–Crippen LogP) is 8.40. The van der Waals surface area contributed by atoms with E-state index in [2.05, 4.69) is 110 Å². The maximum absolute atomic E-state index is 5.03. The van der Waals surface area contributed by atoms with E-state index in [0.29, 0.717) is 5.92 Å². The highest BCUT2D eigenvalue weighted by molar-refractivity contribution is 6.02. The summed E-state index contributed by atoms with van der Waals surface area (Å²) in [7, 11) is 0. The molecule has 1 aliphatic heterocycles. The lowest BCUT2D eigenvalue weighted by atomic mass is 9.86. The van der Waals surface area contributed by atoms with E-state index in [0.717, 1.165) is 36.4 Å². The lowest BCUT2D eigenvalue weighted by Gasteiger charge is -2.22. The molecule has 0 saturated carbocycles. The van der Waals surface area contributed by atoms with E-state index in [1.54, 1.807) is 0 Å². The first kappa shape index (κ1) is 22.0. The van der Waals surface area contributed by atoms with E-state index >= 15 is 0 Å². The average Bonchev–Trinajstić information content (AvgIpc) is 2.90. The molecule has 1 atom stereocenters. The Morgan fingerprint density at radius 2 is 1.35 bits per heavy atom. The Hall–Kier alpha value is -3.78. The number of hydrogen-bond donors (Lipinski definition) is 0. The van der Waals surface area contributed by atoms with Crippen molar-refractivity contribution in [3.05, 3.63) is 120 Å². The van der Waals surface area contributed by atoms with Crippen LogP contribution in [0.4, 0.5) is 0 Å². The summed E-state index contributed by atoms with van der Waals surface area (Å²) in [6.45, 7) is 4.25. The van der Waals surface area contributed by atoms with Crippen LogP contribution in [0.3, 0.4) is 0 Å². The number of nitrogens with zero attached hydrogens (tertiary/aromatic N) is 2. The van der Waals surface area contributed by atoms with Gasteiger partial charge < -0.3 is 0 Å². The minimum absolute atomic E-state index is 0.320. The molecule has 5 rings (SSSR count). The fourth-order valence-electron chi connectivity index (χ4n) is 4.77. The zero-order valence-corrected chi connectivity index (χ0v) is 19.9. The Balaban J connectivity index is 1.44. The van der Waals surface area contributed by atoms with Gasteiger partial charge in [0.2, 0.25) is 0 Å². The Morgan fingerprint density at radius 3 is 2.12 bits per heavy atom. The number of aliphatic imine (C=N–C) groups is 2. The van der Waals surface area contributed by atoms with Crippen molar-refractivity contribution in [1.82, 2.24) is 0 Å². The molecular weight excluding hydrogens is 412 g/mol. The molecule has 3 aromatic carbocycles. The number of rotatable bonds is 4. The minimum Gasteiger partial charge on any atom is -0.242 e. The maximum atomic E-state index is 5.03. The van der Waals surface area contributed by atoms with Gasteiger partial charge in [0.15, 0.2) is 0 Å². The molecule has 2 aliphatic rings. The summed E-state index contributed by atoms with van der Waals surface area (Å²) in [6, 6.07) is 29.8. The molecule has 2 heteroatoms. The van der Waals surface area contributed by atoms with Crippen molar-refractivity contribution in [3.8, 4) is 11.1 Å². The third kappa shape index (κ3) is 4.92. The van der Waals surface area contributed by atoms with Crippen LogP contribution in [0.15, 0.2) is 119 Å². The Bertz CT molecular complexity index is 1320. The standard InChI is InChI=1S/C32H30N2/c1-23-19-20-31(29-17-9-15-27(21-29)25-11-5-3-6-12-25)33-24(2)34-32(23)30-18-10-16-28(22-30)26-13-7-4-8-14-26/h3-16,18,21-22,29H,17,19-20H2,1-2H3/b32-23-,33-31?,34-24?. The topological polar surface area (TPSA) is 24.7 Å². The summed E-state index contributed by atoms with van der Waals surface area (Å²) in [5, 5.41) is 0. The van der Waals surface area contributed by atoms with Crippen LogP contribution >= 0.6 is 0 Å². The van der Waals surface area contributed by atoms with Gasteiger partial charge in [0.25, 0.3) is 0 Å². The van der Waals surface area contributed by atoms with E-state index in [1.165, 1.54) is 33.5 Å². The van der Waals surface area contributed by atoms with E-state index in [9.17, 15) is 0 Å². The molecule has 1 aliphatic carbocycles. The third-order valence-corrected chi connectivity index (χ3v) is 6.59. The van der Waals surface area contributed by atoms with Crippen molar-refractivity contribution < 1.29 is 0 Å². The van der Waals surface area contributed by atoms with Crippen LogP contribution in [0, 0.1) is 5.92 Å². The summed E-state index contributed by atoms with van der Waals surface area (Å²) < 4.78 is 0. The molecule has 3 aromatic rings. The quantitative estimate of drug-likeness (QED) is 0.387. The predicted molar refractivity (Wildman–Crippen MR) is 146 cm³/mol. The maximum Gasteiger partial charge on any atom is 0.125 e. The molecule has 0 fully saturated rings. The van der Waals surface area contributed by atoms with Crippen molar-refractivity contribution in [1.29, 1.82) is 0 Å². The van der Waals surface area contributed by atoms with Gasteiger partial charge in [-0.1, -0.05) is 97.1 Å². The zero-order valence-electron chi connectivity index (χ0n) is 19.9. The molecule has 1 unspecified atom stereocenters. The minimum atomic E-state index is 0.320.